The molecular weight excluding hydrogens is 240 g/mol. The Labute approximate surface area is 114 Å². The minimum atomic E-state index is -0.213. The van der Waals surface area contributed by atoms with Crippen molar-refractivity contribution in [1.29, 1.82) is 0 Å². The molecule has 1 amide bonds. The second kappa shape index (κ2) is 6.57. The van der Waals surface area contributed by atoms with Crippen LogP contribution in [0, 0.1) is 0 Å². The highest BCUT2D eigenvalue weighted by molar-refractivity contribution is 5.73. The average Bonchev–Trinajstić information content (AvgIpc) is 2.45. The van der Waals surface area contributed by atoms with E-state index in [1.807, 2.05) is 12.1 Å². The fraction of sp³-hybridized carbons (Fsp3) is 0.533. The van der Waals surface area contributed by atoms with Gasteiger partial charge in [-0.1, -0.05) is 12.1 Å². The van der Waals surface area contributed by atoms with E-state index in [9.17, 15) is 4.79 Å². The fourth-order valence-electron chi connectivity index (χ4n) is 2.65. The van der Waals surface area contributed by atoms with Crippen LogP contribution in [-0.2, 0) is 4.79 Å². The molecule has 0 unspecified atom stereocenters. The van der Waals surface area contributed by atoms with Gasteiger partial charge >= 0.3 is 0 Å². The lowest BCUT2D eigenvalue weighted by Crippen LogP contribution is -2.35. The Morgan fingerprint density at radius 2 is 2.16 bits per heavy atom. The molecule has 1 heterocycles. The zero-order valence-electron chi connectivity index (χ0n) is 11.5. The van der Waals surface area contributed by atoms with Gasteiger partial charge in [0.1, 0.15) is 5.75 Å². The minimum Gasteiger partial charge on any atom is -0.497 e. The Balaban J connectivity index is 1.87. The van der Waals surface area contributed by atoms with Crippen molar-refractivity contribution in [3.8, 4) is 5.75 Å². The predicted molar refractivity (Wildman–Crippen MR) is 75.2 cm³/mol. The van der Waals surface area contributed by atoms with E-state index in [0.717, 1.165) is 38.2 Å². The van der Waals surface area contributed by atoms with Gasteiger partial charge < -0.3 is 15.4 Å². The Morgan fingerprint density at radius 3 is 2.79 bits per heavy atom. The lowest BCUT2D eigenvalue weighted by Gasteiger charge is -2.32. The summed E-state index contributed by atoms with van der Waals surface area (Å²) in [6.45, 7) is 2.87. The van der Waals surface area contributed by atoms with Crippen LogP contribution in [0.2, 0.25) is 0 Å². The van der Waals surface area contributed by atoms with Crippen molar-refractivity contribution < 1.29 is 9.53 Å². The van der Waals surface area contributed by atoms with E-state index < -0.39 is 0 Å². The molecule has 2 rings (SSSR count). The molecule has 0 aliphatic carbocycles. The number of nitrogens with zero attached hydrogens (tertiary/aromatic N) is 1. The van der Waals surface area contributed by atoms with Crippen molar-refractivity contribution >= 4 is 5.91 Å². The van der Waals surface area contributed by atoms with Gasteiger partial charge in [0.15, 0.2) is 0 Å². The number of hydrogen-bond donors (Lipinski definition) is 1. The van der Waals surface area contributed by atoms with Crippen LogP contribution in [0.5, 0.6) is 5.75 Å². The van der Waals surface area contributed by atoms with Crippen LogP contribution < -0.4 is 10.5 Å². The summed E-state index contributed by atoms with van der Waals surface area (Å²) < 4.78 is 5.27. The van der Waals surface area contributed by atoms with Crippen LogP contribution in [0.4, 0.5) is 0 Å². The van der Waals surface area contributed by atoms with E-state index in [-0.39, 0.29) is 5.91 Å². The Kier molecular flexibility index (Phi) is 4.80. The highest BCUT2D eigenvalue weighted by Crippen LogP contribution is 2.29. The summed E-state index contributed by atoms with van der Waals surface area (Å²) in [5, 5.41) is 0. The van der Waals surface area contributed by atoms with Gasteiger partial charge in [0.05, 0.1) is 7.11 Å². The van der Waals surface area contributed by atoms with Crippen molar-refractivity contribution in [2.75, 3.05) is 26.7 Å². The van der Waals surface area contributed by atoms with E-state index in [2.05, 4.69) is 17.0 Å². The molecule has 1 fully saturated rings. The number of piperidine rings is 1. The number of primary amides is 1. The third-order valence-electron chi connectivity index (χ3n) is 3.83. The Hall–Kier alpha value is -1.55. The van der Waals surface area contributed by atoms with Gasteiger partial charge in [0, 0.05) is 13.0 Å². The number of ether oxygens (including phenoxy) is 1. The quantitative estimate of drug-likeness (QED) is 0.879. The maximum absolute atomic E-state index is 10.8. The van der Waals surface area contributed by atoms with Crippen molar-refractivity contribution in [3.63, 3.8) is 0 Å². The number of nitrogens with two attached hydrogens (primary N) is 1. The summed E-state index contributed by atoms with van der Waals surface area (Å²) >= 11 is 0. The van der Waals surface area contributed by atoms with Crippen LogP contribution >= 0.6 is 0 Å². The number of rotatable bonds is 5. The molecule has 0 aromatic heterocycles. The highest BCUT2D eigenvalue weighted by Gasteiger charge is 2.20. The van der Waals surface area contributed by atoms with Crippen molar-refractivity contribution in [1.82, 2.24) is 4.90 Å². The van der Waals surface area contributed by atoms with E-state index in [4.69, 9.17) is 10.5 Å². The van der Waals surface area contributed by atoms with Gasteiger partial charge in [0.25, 0.3) is 0 Å². The molecule has 1 aliphatic rings. The van der Waals surface area contributed by atoms with Crippen LogP contribution in [0.25, 0.3) is 0 Å². The molecule has 1 aromatic rings. The number of methoxy groups -OCH3 is 1. The number of likely N-dealkylation sites (tertiary alicyclic amines) is 1. The van der Waals surface area contributed by atoms with Crippen LogP contribution in [0.1, 0.15) is 30.7 Å². The van der Waals surface area contributed by atoms with Gasteiger partial charge in [-0.15, -0.1) is 0 Å². The van der Waals surface area contributed by atoms with Crippen LogP contribution in [0.3, 0.4) is 0 Å². The number of hydrogen-bond acceptors (Lipinski definition) is 3. The van der Waals surface area contributed by atoms with Crippen molar-refractivity contribution in [2.45, 2.75) is 25.2 Å². The largest absolute Gasteiger partial charge is 0.497 e. The summed E-state index contributed by atoms with van der Waals surface area (Å²) in [5.41, 5.74) is 6.54. The molecular formula is C15H22N2O2. The number of carbonyl (C=O) groups excluding carboxylic acids is 1. The standard InChI is InChI=1S/C15H22N2O2/c1-19-14-4-2-3-13(11-14)12-5-8-17(9-6-12)10-7-15(16)18/h2-4,11-12H,5-10H2,1H3,(H2,16,18). The summed E-state index contributed by atoms with van der Waals surface area (Å²) in [6, 6.07) is 8.33. The zero-order chi connectivity index (χ0) is 13.7. The second-order valence-electron chi connectivity index (χ2n) is 5.11. The SMILES string of the molecule is COc1cccc(C2CCN(CCC(N)=O)CC2)c1. The van der Waals surface area contributed by atoms with Gasteiger partial charge in [-0.25, -0.2) is 0 Å². The summed E-state index contributed by atoms with van der Waals surface area (Å²) in [7, 11) is 1.70. The molecule has 0 bridgehead atoms. The van der Waals surface area contributed by atoms with Gasteiger partial charge in [-0.05, 0) is 49.5 Å². The number of benzene rings is 1. The summed E-state index contributed by atoms with van der Waals surface area (Å²) in [4.78, 5) is 13.1. The first kappa shape index (κ1) is 13.9. The highest BCUT2D eigenvalue weighted by atomic mass is 16.5. The molecule has 0 radical (unpaired) electrons. The van der Waals surface area contributed by atoms with Crippen molar-refractivity contribution in [2.24, 2.45) is 5.73 Å². The van der Waals surface area contributed by atoms with Gasteiger partial charge in [0.2, 0.25) is 5.91 Å². The maximum atomic E-state index is 10.8. The van der Waals surface area contributed by atoms with Gasteiger partial charge in [-0.2, -0.15) is 0 Å². The summed E-state index contributed by atoms with van der Waals surface area (Å²) in [5.74, 6) is 1.31. The molecule has 0 atom stereocenters. The zero-order valence-corrected chi connectivity index (χ0v) is 11.5. The monoisotopic (exact) mass is 262 g/mol. The van der Waals surface area contributed by atoms with Gasteiger partial charge in [-0.3, -0.25) is 4.79 Å². The third-order valence-corrected chi connectivity index (χ3v) is 3.83. The molecule has 19 heavy (non-hydrogen) atoms. The predicted octanol–water partition coefficient (Wildman–Crippen LogP) is 1.75. The third kappa shape index (κ3) is 3.96. The molecule has 1 aliphatic heterocycles. The molecule has 0 saturated carbocycles. The van der Waals surface area contributed by atoms with E-state index >= 15 is 0 Å². The number of carbonyl (C=O) groups is 1. The molecule has 1 saturated heterocycles. The second-order valence-corrected chi connectivity index (χ2v) is 5.11. The van der Waals surface area contributed by atoms with E-state index in [0.29, 0.717) is 12.3 Å². The lowest BCUT2D eigenvalue weighted by molar-refractivity contribution is -0.118. The average molecular weight is 262 g/mol. The first-order chi connectivity index (χ1) is 9.19. The summed E-state index contributed by atoms with van der Waals surface area (Å²) in [6.07, 6.45) is 2.72. The first-order valence-electron chi connectivity index (χ1n) is 6.83. The molecule has 4 nitrogen and oxygen atoms in total. The fourth-order valence-corrected chi connectivity index (χ4v) is 2.65. The lowest BCUT2D eigenvalue weighted by atomic mass is 9.89. The Morgan fingerprint density at radius 1 is 1.42 bits per heavy atom. The number of amides is 1. The van der Waals surface area contributed by atoms with E-state index in [1.54, 1.807) is 7.11 Å². The van der Waals surface area contributed by atoms with E-state index in [1.165, 1.54) is 5.56 Å². The molecule has 1 aromatic carbocycles. The van der Waals surface area contributed by atoms with Crippen LogP contribution in [-0.4, -0.2) is 37.6 Å². The topological polar surface area (TPSA) is 55.6 Å². The smallest absolute Gasteiger partial charge is 0.218 e. The Bertz CT molecular complexity index is 426. The first-order valence-corrected chi connectivity index (χ1v) is 6.83. The molecule has 2 N–H and O–H groups in total. The van der Waals surface area contributed by atoms with Crippen LogP contribution in [0.15, 0.2) is 24.3 Å². The molecule has 0 spiro atoms. The normalized spacial score (nSPS) is 17.3. The molecule has 104 valence electrons. The maximum Gasteiger partial charge on any atom is 0.218 e. The van der Waals surface area contributed by atoms with Crippen molar-refractivity contribution in [3.05, 3.63) is 29.8 Å². The molecule has 4 heteroatoms. The minimum absolute atomic E-state index is 0.213.